The molecule has 1 N–H and O–H groups in total. The van der Waals surface area contributed by atoms with E-state index in [4.69, 9.17) is 0 Å². The molecule has 0 aliphatic heterocycles. The average Bonchev–Trinajstić information content (AvgIpc) is 2.35. The molecule has 0 saturated carbocycles. The van der Waals surface area contributed by atoms with Crippen LogP contribution in [-0.4, -0.2) is 19.5 Å². The molecule has 7 heteroatoms. The fourth-order valence-electron chi connectivity index (χ4n) is 0.907. The molecule has 13 heavy (non-hydrogen) atoms. The zero-order valence-electron chi connectivity index (χ0n) is 6.98. The Morgan fingerprint density at radius 2 is 2.23 bits per heavy atom. The molecule has 2 rings (SSSR count). The van der Waals surface area contributed by atoms with Crippen molar-refractivity contribution < 1.29 is 65.4 Å². The number of rotatable bonds is 0. The van der Waals surface area contributed by atoms with Crippen LogP contribution in [0.4, 0.5) is 0 Å². The van der Waals surface area contributed by atoms with Crippen molar-refractivity contribution in [1.29, 1.82) is 0 Å². The summed E-state index contributed by atoms with van der Waals surface area (Å²) in [5.41, 5.74) is 0.649. The average molecular weight is 327 g/mol. The van der Waals surface area contributed by atoms with Gasteiger partial charge in [0.05, 0.1) is 17.5 Å². The predicted octanol–water partition coefficient (Wildman–Crippen LogP) is -0.548. The number of H-pyrrole nitrogens is 1. The van der Waals surface area contributed by atoms with E-state index in [2.05, 4.69) is 21.3 Å². The number of nitrogens with one attached hydrogen (secondary N) is 1. The van der Waals surface area contributed by atoms with E-state index in [1.165, 1.54) is 0 Å². The molecule has 0 atom stereocenters. The first kappa shape index (κ1) is 13.6. The summed E-state index contributed by atoms with van der Waals surface area (Å²) in [6.45, 7) is 0. The van der Waals surface area contributed by atoms with E-state index in [0.29, 0.717) is 11.2 Å². The van der Waals surface area contributed by atoms with Crippen molar-refractivity contribution in [3.8, 4) is 0 Å². The Kier molecular flexibility index (Phi) is 5.68. The Hall–Kier alpha value is 0.558. The van der Waals surface area contributed by atoms with Gasteiger partial charge in [0, 0.05) is 78.8 Å². The molecule has 0 bridgehead atoms. The first-order valence-electron chi connectivity index (χ1n) is 3.06. The number of aromatic amines is 1. The molecule has 0 aliphatic rings. The van der Waals surface area contributed by atoms with Crippen molar-refractivity contribution in [2.24, 2.45) is 7.05 Å². The van der Waals surface area contributed by atoms with E-state index in [9.17, 15) is 4.79 Å². The van der Waals surface area contributed by atoms with Crippen molar-refractivity contribution in [2.45, 2.75) is 0 Å². The Labute approximate surface area is 124 Å². The van der Waals surface area contributed by atoms with Gasteiger partial charge in [0.15, 0.2) is 5.56 Å². The topological polar surface area (TPSA) is 63.6 Å². The van der Waals surface area contributed by atoms with E-state index < -0.39 is 0 Å². The van der Waals surface area contributed by atoms with Crippen LogP contribution in [0.3, 0.4) is 0 Å². The molecule has 5 nitrogen and oxygen atoms in total. The van der Waals surface area contributed by atoms with Gasteiger partial charge >= 0.3 is 0 Å². The molecule has 2 heterocycles. The fourth-order valence-corrected chi connectivity index (χ4v) is 0.907. The molecule has 0 saturated heterocycles. The smallest absolute Gasteiger partial charge is 0.163 e. The summed E-state index contributed by atoms with van der Waals surface area (Å²) in [6, 6.07) is 0. The van der Waals surface area contributed by atoms with E-state index in [-0.39, 0.29) is 71.0 Å². The molecule has 0 unspecified atom stereocenters. The maximum absolute atomic E-state index is 11.0. The normalized spacial score (nSPS) is 9.00. The minimum Gasteiger partial charge on any atom is -0.419 e. The largest absolute Gasteiger partial charge is 0.419 e. The number of nitrogens with zero attached hydrogens (tertiary/aromatic N) is 3. The molecule has 0 spiro atoms. The van der Waals surface area contributed by atoms with Gasteiger partial charge in [0.2, 0.25) is 0 Å². The van der Waals surface area contributed by atoms with Crippen LogP contribution in [-0.2, 0) is 72.5 Å². The second kappa shape index (κ2) is 5.44. The minimum atomic E-state index is -0.254. The molecule has 0 fully saturated rings. The number of hydrogen-bond donors (Lipinski definition) is 1. The van der Waals surface area contributed by atoms with Gasteiger partial charge in [-0.2, -0.15) is 0 Å². The zero-order chi connectivity index (χ0) is 7.84. The van der Waals surface area contributed by atoms with Crippen LogP contribution >= 0.6 is 0 Å². The van der Waals surface area contributed by atoms with Crippen LogP contribution in [0.1, 0.15) is 0 Å². The van der Waals surface area contributed by atoms with Gasteiger partial charge in [-0.1, -0.05) is 0 Å². The van der Waals surface area contributed by atoms with Crippen LogP contribution in [0.5, 0.6) is 0 Å². The monoisotopic (exact) mass is 327 g/mol. The predicted molar refractivity (Wildman–Crippen MR) is 38.0 cm³/mol. The van der Waals surface area contributed by atoms with Gasteiger partial charge in [-0.3, -0.25) is 4.98 Å². The van der Waals surface area contributed by atoms with Gasteiger partial charge in [-0.25, -0.2) is 0 Å². The molecule has 2 aromatic heterocycles. The van der Waals surface area contributed by atoms with E-state index in [1.54, 1.807) is 17.9 Å². The molecule has 2 aromatic rings. The molecule has 0 amide bonds. The Bertz CT molecular complexity index is 449. The number of imidazole rings is 1. The summed E-state index contributed by atoms with van der Waals surface area (Å²) in [7, 11) is 1.77. The van der Waals surface area contributed by atoms with Gasteiger partial charge in [0.1, 0.15) is 0 Å². The Morgan fingerprint density at radius 1 is 1.54 bits per heavy atom. The summed E-state index contributed by atoms with van der Waals surface area (Å²) in [5, 5.41) is 0. The molecule has 62 valence electrons. The summed E-state index contributed by atoms with van der Waals surface area (Å²) in [6.07, 6.45) is 3.92. The Morgan fingerprint density at radius 3 is 2.85 bits per heavy atom. The number of fused-ring (bicyclic) bond motifs is 1. The summed E-state index contributed by atoms with van der Waals surface area (Å²) >= 11 is 0. The standard InChI is InChI=1S/C6H5N4O.2Y/c1-10-3-9-4-5(10)7-2-8-6(4)11;;/h3H,1H3,(H,7,8,11);;/q-1;;. The number of aryl methyl sites for hydroxylation is 1. The summed E-state index contributed by atoms with van der Waals surface area (Å²) < 4.78 is 1.67. The van der Waals surface area contributed by atoms with E-state index in [0.717, 1.165) is 0 Å². The minimum absolute atomic E-state index is 0. The first-order chi connectivity index (χ1) is 5.29. The number of hydrogen-bond acceptors (Lipinski definition) is 3. The van der Waals surface area contributed by atoms with E-state index >= 15 is 0 Å². The van der Waals surface area contributed by atoms with Crippen LogP contribution < -0.4 is 5.56 Å². The van der Waals surface area contributed by atoms with Crippen LogP contribution in [0.2, 0.25) is 0 Å². The van der Waals surface area contributed by atoms with Crippen molar-refractivity contribution in [3.63, 3.8) is 0 Å². The van der Waals surface area contributed by atoms with E-state index in [1.807, 2.05) is 0 Å². The van der Waals surface area contributed by atoms with Crippen LogP contribution in [0, 0.1) is 6.33 Å². The third-order valence-electron chi connectivity index (χ3n) is 1.45. The van der Waals surface area contributed by atoms with Crippen molar-refractivity contribution in [3.05, 3.63) is 23.0 Å². The van der Waals surface area contributed by atoms with Gasteiger partial charge < -0.3 is 19.3 Å². The first-order valence-corrected chi connectivity index (χ1v) is 3.06. The molecule has 2 radical (unpaired) electrons. The quantitative estimate of drug-likeness (QED) is 0.661. The summed E-state index contributed by atoms with van der Waals surface area (Å²) in [4.78, 5) is 21.0. The van der Waals surface area contributed by atoms with Crippen molar-refractivity contribution >= 4 is 11.2 Å². The van der Waals surface area contributed by atoms with Crippen molar-refractivity contribution in [2.75, 3.05) is 0 Å². The second-order valence-corrected chi connectivity index (χ2v) is 2.21. The molecular weight excluding hydrogens is 322 g/mol. The maximum atomic E-state index is 11.0. The fraction of sp³-hybridized carbons (Fsp3) is 0.167. The third-order valence-corrected chi connectivity index (χ3v) is 1.45. The maximum Gasteiger partial charge on any atom is 0.163 e. The van der Waals surface area contributed by atoms with Crippen LogP contribution in [0.15, 0.2) is 11.1 Å². The van der Waals surface area contributed by atoms with Crippen LogP contribution in [0.25, 0.3) is 11.2 Å². The summed E-state index contributed by atoms with van der Waals surface area (Å²) in [5.74, 6) is 0. The zero-order valence-corrected chi connectivity index (χ0v) is 12.7. The molecule has 0 aliphatic carbocycles. The van der Waals surface area contributed by atoms with Crippen molar-refractivity contribution in [1.82, 2.24) is 19.5 Å². The molecular formula is C6H5N4OY2-. The molecule has 0 aromatic carbocycles. The number of aromatic nitrogens is 4. The van der Waals surface area contributed by atoms with Gasteiger partial charge in [0.25, 0.3) is 0 Å². The Balaban J connectivity index is 0.000000720. The SMILES string of the molecule is Cn1cnc2c(=O)[nH][c-]nc21.[Y].[Y]. The third kappa shape index (κ3) is 2.52. The second-order valence-electron chi connectivity index (χ2n) is 2.21. The van der Waals surface area contributed by atoms with Gasteiger partial charge in [-0.05, 0) is 0 Å². The van der Waals surface area contributed by atoms with Gasteiger partial charge in [-0.15, -0.1) is 0 Å².